The minimum atomic E-state index is -2.42. The van der Waals surface area contributed by atoms with Crippen LogP contribution in [-0.2, 0) is 26.2 Å². The quantitative estimate of drug-likeness (QED) is 0.0530. The second kappa shape index (κ2) is 24.9. The molecule has 0 heterocycles. The monoisotopic (exact) mass is 1150 g/mol. The second-order valence-corrected chi connectivity index (χ2v) is 20.7. The molecule has 0 bridgehead atoms. The van der Waals surface area contributed by atoms with Crippen molar-refractivity contribution in [3.63, 3.8) is 0 Å². The molecule has 1 aliphatic carbocycles. The van der Waals surface area contributed by atoms with Gasteiger partial charge in [-0.2, -0.15) is 78.9 Å². The van der Waals surface area contributed by atoms with Gasteiger partial charge >= 0.3 is 284 Å². The molecule has 0 aromatic heterocycles. The van der Waals surface area contributed by atoms with Gasteiger partial charge in [-0.25, -0.2) is 0 Å². The van der Waals surface area contributed by atoms with Gasteiger partial charge in [0.15, 0.2) is 0 Å². The molecule has 0 fully saturated rings. The van der Waals surface area contributed by atoms with Crippen molar-refractivity contribution in [3.8, 4) is 33.4 Å². The molecule has 386 valence electrons. The smallest absolute Gasteiger partial charge is 0.184 e. The molecule has 0 amide bonds. The molecule has 0 saturated heterocycles. The fourth-order valence-electron chi connectivity index (χ4n) is 9.56. The molecule has 0 nitrogen and oxygen atoms in total. The average Bonchev–Trinajstić information content (AvgIpc) is 4.24. The first-order valence-corrected chi connectivity index (χ1v) is 26.9. The van der Waals surface area contributed by atoms with Crippen LogP contribution in [0, 0.1) is 77.2 Å². The maximum atomic E-state index is 15.6. The van der Waals surface area contributed by atoms with Gasteiger partial charge in [0, 0.05) is 0 Å². The standard InChI is InChI=1S/C34H16BF10Si.C20H15.2C6H5.Zr/c1-46(2)12-18-21(23-27(38)31(42)34(45)32(43)28(23)39)20-17(24(18)35)11-10-16(22-25(36)29(40)33(44)30(41)26(22)37)19(20)15-9-5-7-13-6-3-4-8-14(13)15;1-14-12-16-8-5-11-19(20(16)13-14)18-10-4-7-15-6-2-3-9-17(15)18;2*1-2-4-6-5-3-1;/h3-12H,1-2H3;2-13H,1H3;2*1-5H;/q;3*-1;+3. The number of fused-ring (bicyclic) bond motifs is 4. The molecule has 12 rings (SSSR count). The number of hydrogen-bond donors (Lipinski definition) is 0. The van der Waals surface area contributed by atoms with Crippen LogP contribution in [0.3, 0.4) is 0 Å². The Balaban J connectivity index is 0.000000201. The van der Waals surface area contributed by atoms with E-state index >= 15 is 17.6 Å². The number of hydrogen-bond acceptors (Lipinski definition) is 0. The van der Waals surface area contributed by atoms with Crippen LogP contribution in [0.5, 0.6) is 0 Å². The number of halogens is 10. The molecule has 0 aliphatic heterocycles. The van der Waals surface area contributed by atoms with Gasteiger partial charge in [-0.3, -0.25) is 0 Å². The summed E-state index contributed by atoms with van der Waals surface area (Å²) in [6.45, 7) is 5.65. The average molecular weight is 1150 g/mol. The molecular weight excluding hydrogens is 1110 g/mol. The van der Waals surface area contributed by atoms with Gasteiger partial charge in [-0.1, -0.05) is 61.0 Å². The zero-order valence-corrected chi connectivity index (χ0v) is 45.8. The van der Waals surface area contributed by atoms with Crippen molar-refractivity contribution in [2.75, 3.05) is 0 Å². The molecule has 1 aliphatic rings. The predicted molar refractivity (Wildman–Crippen MR) is 298 cm³/mol. The first-order chi connectivity index (χ1) is 37.6. The molecular formula is C66H41BF10SiZr. The maximum absolute atomic E-state index is 15.6. The predicted octanol–water partition coefficient (Wildman–Crippen LogP) is 17.9. The van der Waals surface area contributed by atoms with E-state index in [0.29, 0.717) is 10.8 Å². The Hall–Kier alpha value is -7.73. The van der Waals surface area contributed by atoms with Crippen LogP contribution in [0.4, 0.5) is 43.9 Å². The van der Waals surface area contributed by atoms with E-state index in [1.54, 1.807) is 43.4 Å². The third kappa shape index (κ3) is 11.4. The largest absolute Gasteiger partial charge is 3.00 e. The minimum absolute atomic E-state index is 0. The van der Waals surface area contributed by atoms with Crippen LogP contribution in [0.25, 0.3) is 71.3 Å². The SMILES string of the molecule is Cc1cc2c(-c3cccc4ccccc34)cccc2[cH-]1.[B]=C1C(C=[Si](C)C)=C(c2c(F)c(F)c(F)c(F)c2F)c2c1ccc(-c1c(F)c(F)c(F)c(F)c1F)c2-c1cccc2ccccc12.[Zr+3].[c-]1ccccc1.[c-]1ccccc1. The molecule has 0 spiro atoms. The number of allylic oxidation sites excluding steroid dienone is 1. The van der Waals surface area contributed by atoms with Gasteiger partial charge in [0.25, 0.3) is 0 Å². The van der Waals surface area contributed by atoms with E-state index in [0.717, 1.165) is 12.1 Å². The topological polar surface area (TPSA) is 0 Å². The van der Waals surface area contributed by atoms with Crippen molar-refractivity contribution in [2.45, 2.75) is 20.0 Å². The summed E-state index contributed by atoms with van der Waals surface area (Å²) >= 11 is 0. The third-order valence-electron chi connectivity index (χ3n) is 12.9. The minimum Gasteiger partial charge on any atom is -0.184 e. The third-order valence-corrected chi connectivity index (χ3v) is 13.8. The van der Waals surface area contributed by atoms with Crippen LogP contribution in [-0.4, -0.2) is 27.0 Å². The molecule has 0 unspecified atom stereocenters. The normalized spacial score (nSPS) is 11.5. The Kier molecular flexibility index (Phi) is 18.1. The van der Waals surface area contributed by atoms with Crippen LogP contribution in [0.1, 0.15) is 22.3 Å². The summed E-state index contributed by atoms with van der Waals surface area (Å²) in [7, 11) is 4.96. The summed E-state index contributed by atoms with van der Waals surface area (Å²) in [5.41, 5.74) is 0.659. The summed E-state index contributed by atoms with van der Waals surface area (Å²) in [4.78, 5) is 0. The van der Waals surface area contributed by atoms with Gasteiger partial charge in [0.2, 0.25) is 0 Å². The van der Waals surface area contributed by atoms with Crippen LogP contribution in [0.2, 0.25) is 13.1 Å². The van der Waals surface area contributed by atoms with Gasteiger partial charge in [0.05, 0.1) is 0 Å². The Morgan fingerprint density at radius 3 is 1.30 bits per heavy atom. The van der Waals surface area contributed by atoms with Crippen LogP contribution in [0.15, 0.2) is 194 Å². The van der Waals surface area contributed by atoms with Crippen molar-refractivity contribution in [3.05, 3.63) is 286 Å². The molecule has 11 aromatic carbocycles. The number of aryl methyl sites for hydroxylation is 1. The number of benzene rings is 10. The summed E-state index contributed by atoms with van der Waals surface area (Å²) in [5.74, 6) is -22.7. The molecule has 2 radical (unpaired) electrons. The van der Waals surface area contributed by atoms with Crippen molar-refractivity contribution in [1.82, 2.24) is 0 Å². The van der Waals surface area contributed by atoms with Gasteiger partial charge in [-0.15, -0.1) is 34.5 Å². The fourth-order valence-corrected chi connectivity index (χ4v) is 10.4. The van der Waals surface area contributed by atoms with Crippen molar-refractivity contribution in [1.29, 1.82) is 0 Å². The van der Waals surface area contributed by atoms with Crippen molar-refractivity contribution in [2.24, 2.45) is 0 Å². The van der Waals surface area contributed by atoms with Crippen molar-refractivity contribution < 1.29 is 70.1 Å². The van der Waals surface area contributed by atoms with E-state index in [2.05, 4.69) is 91.9 Å². The summed E-state index contributed by atoms with van der Waals surface area (Å²) in [6.07, 6.45) is 0. The van der Waals surface area contributed by atoms with E-state index in [4.69, 9.17) is 7.49 Å². The van der Waals surface area contributed by atoms with E-state index in [-0.39, 0.29) is 59.5 Å². The Morgan fingerprint density at radius 1 is 0.405 bits per heavy atom. The second-order valence-electron chi connectivity index (χ2n) is 18.3. The Morgan fingerprint density at radius 2 is 0.823 bits per heavy atom. The van der Waals surface area contributed by atoms with E-state index in [1.807, 2.05) is 60.7 Å². The van der Waals surface area contributed by atoms with Gasteiger partial charge in [-0.05, 0) is 16.3 Å². The molecule has 11 aromatic rings. The number of rotatable bonds is 5. The van der Waals surface area contributed by atoms with E-state index in [1.165, 1.54) is 56.0 Å². The molecule has 79 heavy (non-hydrogen) atoms. The maximum Gasteiger partial charge on any atom is 3.00 e. The van der Waals surface area contributed by atoms with E-state index < -0.39 is 88.8 Å². The zero-order valence-electron chi connectivity index (χ0n) is 42.3. The van der Waals surface area contributed by atoms with Crippen molar-refractivity contribution >= 4 is 64.9 Å². The van der Waals surface area contributed by atoms with Crippen LogP contribution >= 0.6 is 0 Å². The fraction of sp³-hybridized carbons (Fsp3) is 0.0455. The van der Waals surface area contributed by atoms with Gasteiger partial charge < -0.3 is 0 Å². The molecule has 0 saturated carbocycles. The summed E-state index contributed by atoms with van der Waals surface area (Å²) in [6, 6.07) is 64.5. The van der Waals surface area contributed by atoms with E-state index in [9.17, 15) is 26.3 Å². The first-order valence-electron chi connectivity index (χ1n) is 24.3. The Bertz CT molecular complexity index is 4000. The molecule has 0 N–H and O–H groups in total. The molecule has 13 heteroatoms. The summed E-state index contributed by atoms with van der Waals surface area (Å²) in [5, 5.41) is 6.20. The summed E-state index contributed by atoms with van der Waals surface area (Å²) < 4.78 is 149. The molecule has 0 atom stereocenters. The Labute approximate surface area is 471 Å². The zero-order chi connectivity index (χ0) is 55.4. The first kappa shape index (κ1) is 57.5. The van der Waals surface area contributed by atoms with Crippen LogP contribution < -0.4 is 0 Å². The van der Waals surface area contributed by atoms with Gasteiger partial charge in [0.1, 0.15) is 0 Å².